The van der Waals surface area contributed by atoms with Crippen molar-refractivity contribution >= 4 is 39.5 Å². The molecule has 0 saturated carbocycles. The molecule has 0 spiro atoms. The zero-order valence-corrected chi connectivity index (χ0v) is 57.0. The Morgan fingerprint density at radius 3 is 0.835 bits per heavy atom. The fraction of sp³-hybridized carbons (Fsp3) is 0.939. The molecular weight excluding hydrogens is 1130 g/mol. The summed E-state index contributed by atoms with van der Waals surface area (Å²) in [6, 6.07) is 0. The lowest BCUT2D eigenvalue weighted by atomic mass is 9.99. The van der Waals surface area contributed by atoms with Gasteiger partial charge in [0.05, 0.1) is 26.4 Å². The highest BCUT2D eigenvalue weighted by molar-refractivity contribution is 7.47. The number of phosphoric ester groups is 2. The molecule has 0 aromatic rings. The maximum Gasteiger partial charge on any atom is 0.472 e. The Hall–Kier alpha value is -1.94. The lowest BCUT2D eigenvalue weighted by molar-refractivity contribution is -0.161. The molecule has 0 saturated heterocycles. The minimum absolute atomic E-state index is 0.102. The van der Waals surface area contributed by atoms with Crippen molar-refractivity contribution in [2.75, 3.05) is 39.6 Å². The van der Waals surface area contributed by atoms with Gasteiger partial charge in [0.15, 0.2) is 12.2 Å². The van der Waals surface area contributed by atoms with E-state index in [0.29, 0.717) is 31.6 Å². The van der Waals surface area contributed by atoms with Gasteiger partial charge in [-0.05, 0) is 49.4 Å². The lowest BCUT2D eigenvalue weighted by Crippen LogP contribution is -2.30. The summed E-state index contributed by atoms with van der Waals surface area (Å²) in [6.45, 7) is 14.0. The molecule has 0 aliphatic rings. The second-order valence-corrected chi connectivity index (χ2v) is 28.2. The summed E-state index contributed by atoms with van der Waals surface area (Å²) in [6.07, 6.45) is 36.3. The number of ether oxygens (including phenoxy) is 4. The first kappa shape index (κ1) is 83.1. The Morgan fingerprint density at radius 2 is 0.565 bits per heavy atom. The van der Waals surface area contributed by atoms with E-state index in [-0.39, 0.29) is 25.7 Å². The molecule has 0 rings (SSSR count). The summed E-state index contributed by atoms with van der Waals surface area (Å²) in [4.78, 5) is 72.3. The molecular formula is C66H128O17P2. The molecule has 85 heavy (non-hydrogen) atoms. The van der Waals surface area contributed by atoms with Gasteiger partial charge in [-0.3, -0.25) is 37.3 Å². The Morgan fingerprint density at radius 1 is 0.329 bits per heavy atom. The molecule has 0 heterocycles. The first-order chi connectivity index (χ1) is 40.7. The van der Waals surface area contributed by atoms with E-state index in [1.807, 2.05) is 0 Å². The summed E-state index contributed by atoms with van der Waals surface area (Å²) >= 11 is 0. The molecule has 0 amide bonds. The van der Waals surface area contributed by atoms with E-state index in [1.165, 1.54) is 116 Å². The third kappa shape index (κ3) is 58.2. The second-order valence-electron chi connectivity index (χ2n) is 25.3. The zero-order chi connectivity index (χ0) is 63.2. The van der Waals surface area contributed by atoms with Crippen LogP contribution in [-0.2, 0) is 65.4 Å². The van der Waals surface area contributed by atoms with Crippen molar-refractivity contribution in [3.63, 3.8) is 0 Å². The maximum absolute atomic E-state index is 13.0. The molecule has 19 heteroatoms. The quantitative estimate of drug-likeness (QED) is 0.0222. The number of esters is 4. The van der Waals surface area contributed by atoms with Gasteiger partial charge in [-0.1, -0.05) is 267 Å². The van der Waals surface area contributed by atoms with Crippen molar-refractivity contribution in [2.45, 2.75) is 337 Å². The minimum Gasteiger partial charge on any atom is -0.462 e. The minimum atomic E-state index is -4.95. The predicted octanol–water partition coefficient (Wildman–Crippen LogP) is 18.1. The van der Waals surface area contributed by atoms with E-state index in [9.17, 15) is 43.2 Å². The fourth-order valence-electron chi connectivity index (χ4n) is 9.72. The van der Waals surface area contributed by atoms with Gasteiger partial charge in [0.2, 0.25) is 0 Å². The van der Waals surface area contributed by atoms with Crippen LogP contribution in [0.3, 0.4) is 0 Å². The third-order valence-corrected chi connectivity index (χ3v) is 17.7. The van der Waals surface area contributed by atoms with Crippen molar-refractivity contribution in [1.29, 1.82) is 0 Å². The summed E-state index contributed by atoms with van der Waals surface area (Å²) in [7, 11) is -9.89. The number of carbonyl (C=O) groups excluding carboxylic acids is 4. The third-order valence-electron chi connectivity index (χ3n) is 15.8. The van der Waals surface area contributed by atoms with E-state index in [1.54, 1.807) is 0 Å². The molecule has 7 atom stereocenters. The Bertz CT molecular complexity index is 1700. The molecule has 0 aliphatic carbocycles. The van der Waals surface area contributed by atoms with Crippen LogP contribution in [0.1, 0.15) is 319 Å². The van der Waals surface area contributed by atoms with Gasteiger partial charge in [-0.2, -0.15) is 0 Å². The lowest BCUT2D eigenvalue weighted by Gasteiger charge is -2.21. The fourth-order valence-corrected chi connectivity index (χ4v) is 11.3. The predicted molar refractivity (Wildman–Crippen MR) is 340 cm³/mol. The van der Waals surface area contributed by atoms with Gasteiger partial charge in [0.1, 0.15) is 19.3 Å². The molecule has 0 aromatic carbocycles. The molecule has 17 nitrogen and oxygen atoms in total. The number of phosphoric acid groups is 2. The van der Waals surface area contributed by atoms with Gasteiger partial charge < -0.3 is 33.8 Å². The number of aliphatic hydroxyl groups excluding tert-OH is 1. The SMILES string of the molecule is CCC(C)CCCCCCCCCCCCC(=O)O[C@H](COC(=O)CCCCCCCCCC(C)C)COP(=O)(O)OCC(O)COP(=O)(O)OC[C@@H](COC(=O)CCCCCCCCCCC(C)C)OC(=O)CCCCCCCCC(C)CC. The monoisotopic (exact) mass is 1250 g/mol. The molecule has 504 valence electrons. The van der Waals surface area contributed by atoms with E-state index in [0.717, 1.165) is 114 Å². The van der Waals surface area contributed by atoms with Crippen LogP contribution in [0.5, 0.6) is 0 Å². The summed E-state index contributed by atoms with van der Waals surface area (Å²) in [5.74, 6) is 0.816. The van der Waals surface area contributed by atoms with Crippen LogP contribution >= 0.6 is 15.6 Å². The average Bonchev–Trinajstić information content (AvgIpc) is 3.63. The zero-order valence-electron chi connectivity index (χ0n) is 55.2. The van der Waals surface area contributed by atoms with Gasteiger partial charge >= 0.3 is 39.5 Å². The van der Waals surface area contributed by atoms with E-state index >= 15 is 0 Å². The summed E-state index contributed by atoms with van der Waals surface area (Å²) in [5.41, 5.74) is 0. The van der Waals surface area contributed by atoms with Gasteiger partial charge in [0, 0.05) is 25.7 Å². The Labute approximate surface area is 517 Å². The molecule has 0 bridgehead atoms. The van der Waals surface area contributed by atoms with Crippen LogP contribution in [-0.4, -0.2) is 96.7 Å². The van der Waals surface area contributed by atoms with Crippen LogP contribution in [0.25, 0.3) is 0 Å². The molecule has 0 aromatic heterocycles. The maximum atomic E-state index is 13.0. The summed E-state index contributed by atoms with van der Waals surface area (Å²) in [5, 5.41) is 10.6. The highest BCUT2D eigenvalue weighted by Gasteiger charge is 2.30. The van der Waals surface area contributed by atoms with Crippen LogP contribution < -0.4 is 0 Å². The molecule has 0 fully saturated rings. The van der Waals surface area contributed by atoms with Crippen molar-refractivity contribution in [3.8, 4) is 0 Å². The smallest absolute Gasteiger partial charge is 0.462 e. The molecule has 3 N–H and O–H groups in total. The largest absolute Gasteiger partial charge is 0.472 e. The van der Waals surface area contributed by atoms with Crippen LogP contribution in [0.15, 0.2) is 0 Å². The van der Waals surface area contributed by atoms with Crippen molar-refractivity contribution < 1.29 is 80.2 Å². The topological polar surface area (TPSA) is 237 Å². The van der Waals surface area contributed by atoms with Crippen LogP contribution in [0, 0.1) is 23.7 Å². The highest BCUT2D eigenvalue weighted by Crippen LogP contribution is 2.45. The molecule has 5 unspecified atom stereocenters. The highest BCUT2D eigenvalue weighted by atomic mass is 31.2. The number of aliphatic hydroxyl groups is 1. The molecule has 0 aliphatic heterocycles. The van der Waals surface area contributed by atoms with Crippen molar-refractivity contribution in [2.24, 2.45) is 23.7 Å². The Balaban J connectivity index is 5.26. The average molecular weight is 1260 g/mol. The first-order valence-electron chi connectivity index (χ1n) is 34.3. The van der Waals surface area contributed by atoms with Crippen molar-refractivity contribution in [1.82, 2.24) is 0 Å². The van der Waals surface area contributed by atoms with E-state index in [4.69, 9.17) is 37.0 Å². The number of unbranched alkanes of at least 4 members (excludes halogenated alkanes) is 27. The standard InChI is InChI=1S/C66H128O17P2/c1-9-58(7)44-36-28-20-13-11-12-14-22-32-40-48-65(70)82-61(52-77-64(69)47-39-31-23-17-19-27-35-43-57(5)6)54-80-84(72,73)78-50-60(67)51-79-85(74,75)81-55-62(83-66(71)49-41-33-25-24-29-37-45-59(8)10-2)53-76-63(68)46-38-30-21-16-15-18-26-34-42-56(3)4/h56-62,67H,9-55H2,1-8H3,(H,72,73)(H,74,75)/t58?,59?,60?,61-,62-/m1/s1. The number of hydrogen-bond donors (Lipinski definition) is 3. The normalized spacial score (nSPS) is 15.0. The summed E-state index contributed by atoms with van der Waals surface area (Å²) < 4.78 is 68.1. The number of carbonyl (C=O) groups is 4. The van der Waals surface area contributed by atoms with Gasteiger partial charge in [-0.25, -0.2) is 9.13 Å². The van der Waals surface area contributed by atoms with Crippen LogP contribution in [0.2, 0.25) is 0 Å². The second kappa shape index (κ2) is 56.1. The van der Waals surface area contributed by atoms with Crippen LogP contribution in [0.4, 0.5) is 0 Å². The molecule has 0 radical (unpaired) electrons. The number of rotatable bonds is 63. The first-order valence-corrected chi connectivity index (χ1v) is 37.3. The van der Waals surface area contributed by atoms with E-state index < -0.39 is 97.5 Å². The van der Waals surface area contributed by atoms with Gasteiger partial charge in [-0.15, -0.1) is 0 Å². The van der Waals surface area contributed by atoms with E-state index in [2.05, 4.69) is 55.4 Å². The van der Waals surface area contributed by atoms with Gasteiger partial charge in [0.25, 0.3) is 0 Å². The number of hydrogen-bond acceptors (Lipinski definition) is 15. The van der Waals surface area contributed by atoms with Crippen molar-refractivity contribution in [3.05, 3.63) is 0 Å². The Kier molecular flexibility index (Phi) is 54.8.